The Morgan fingerprint density at radius 1 is 1.00 bits per heavy atom. The third-order valence-electron chi connectivity index (χ3n) is 5.36. The van der Waals surface area contributed by atoms with Gasteiger partial charge in [-0.1, -0.05) is 6.07 Å². The van der Waals surface area contributed by atoms with Crippen LogP contribution in [0.1, 0.15) is 42.1 Å². The van der Waals surface area contributed by atoms with Crippen LogP contribution in [0.2, 0.25) is 0 Å². The number of nitrogens with zero attached hydrogens (tertiary/aromatic N) is 1. The van der Waals surface area contributed by atoms with E-state index >= 15 is 0 Å². The van der Waals surface area contributed by atoms with Crippen molar-refractivity contribution in [2.75, 3.05) is 42.6 Å². The number of benzene rings is 2. The molecule has 0 aliphatic carbocycles. The summed E-state index contributed by atoms with van der Waals surface area (Å²) in [6, 6.07) is 9.71. The van der Waals surface area contributed by atoms with Crippen LogP contribution in [0.4, 0.5) is 11.4 Å². The molecule has 0 radical (unpaired) electrons. The van der Waals surface area contributed by atoms with Crippen LogP contribution in [-0.2, 0) is 14.8 Å². The average Bonchev–Trinajstić information content (AvgIpc) is 2.80. The Balaban J connectivity index is 1.70. The molecule has 2 N–H and O–H groups in total. The van der Waals surface area contributed by atoms with E-state index in [0.717, 1.165) is 44.2 Å². The molecular weight excluding hydrogens is 458 g/mol. The average molecular weight is 490 g/mol. The summed E-state index contributed by atoms with van der Waals surface area (Å²) in [6.45, 7) is 5.35. The van der Waals surface area contributed by atoms with Crippen molar-refractivity contribution in [1.29, 1.82) is 0 Å². The van der Waals surface area contributed by atoms with Crippen molar-refractivity contribution in [2.24, 2.45) is 0 Å². The van der Waals surface area contributed by atoms with Gasteiger partial charge in [-0.15, -0.1) is 0 Å². The Morgan fingerprint density at radius 3 is 2.41 bits per heavy atom. The molecule has 9 nitrogen and oxygen atoms in total. The lowest BCUT2D eigenvalue weighted by Gasteiger charge is -2.26. The van der Waals surface area contributed by atoms with E-state index in [0.29, 0.717) is 35.0 Å². The van der Waals surface area contributed by atoms with Gasteiger partial charge in [0.1, 0.15) is 0 Å². The van der Waals surface area contributed by atoms with Gasteiger partial charge in [0.05, 0.1) is 18.6 Å². The van der Waals surface area contributed by atoms with Gasteiger partial charge in [-0.25, -0.2) is 8.42 Å². The topological polar surface area (TPSA) is 114 Å². The van der Waals surface area contributed by atoms with Crippen molar-refractivity contribution >= 4 is 33.2 Å². The molecule has 2 aromatic carbocycles. The van der Waals surface area contributed by atoms with Gasteiger partial charge in [-0.3, -0.25) is 14.3 Å². The fourth-order valence-electron chi connectivity index (χ4n) is 3.62. The maximum atomic E-state index is 12.8. The zero-order valence-electron chi connectivity index (χ0n) is 19.7. The molecule has 2 aromatic rings. The van der Waals surface area contributed by atoms with E-state index in [2.05, 4.69) is 10.0 Å². The molecule has 1 aliphatic rings. The highest BCUT2D eigenvalue weighted by atomic mass is 32.2. The second-order valence-electron chi connectivity index (χ2n) is 8.18. The van der Waals surface area contributed by atoms with E-state index in [9.17, 15) is 18.0 Å². The quantitative estimate of drug-likeness (QED) is 0.558. The minimum Gasteiger partial charge on any atom is -0.490 e. The molecule has 0 unspecified atom stereocenters. The maximum absolute atomic E-state index is 12.8. The molecule has 34 heavy (non-hydrogen) atoms. The van der Waals surface area contributed by atoms with Crippen LogP contribution in [0.15, 0.2) is 36.4 Å². The predicted octanol–water partition coefficient (Wildman–Crippen LogP) is 3.41. The largest absolute Gasteiger partial charge is 0.490 e. The first-order valence-electron chi connectivity index (χ1n) is 11.2. The van der Waals surface area contributed by atoms with E-state index in [-0.39, 0.29) is 12.5 Å². The van der Waals surface area contributed by atoms with Gasteiger partial charge in [0.15, 0.2) is 18.1 Å². The number of nitrogens with one attached hydrogen (secondary N) is 2. The molecule has 1 heterocycles. The van der Waals surface area contributed by atoms with E-state index in [1.54, 1.807) is 48.2 Å². The van der Waals surface area contributed by atoms with E-state index < -0.39 is 15.9 Å². The van der Waals surface area contributed by atoms with Crippen LogP contribution in [0.3, 0.4) is 0 Å². The zero-order valence-corrected chi connectivity index (χ0v) is 20.5. The number of carbonyl (C=O) groups excluding carboxylic acids is 2. The van der Waals surface area contributed by atoms with Gasteiger partial charge in [0.2, 0.25) is 10.0 Å². The van der Waals surface area contributed by atoms with Gasteiger partial charge < -0.3 is 19.7 Å². The Labute approximate surface area is 200 Å². The third-order valence-corrected chi connectivity index (χ3v) is 5.95. The number of ether oxygens (including phenoxy) is 2. The number of hydrogen-bond acceptors (Lipinski definition) is 6. The molecule has 0 saturated carbocycles. The van der Waals surface area contributed by atoms with Gasteiger partial charge in [-0.2, -0.15) is 0 Å². The first-order chi connectivity index (χ1) is 16.2. The number of carbonyl (C=O) groups is 2. The fraction of sp³-hybridized carbons (Fsp3) is 0.417. The summed E-state index contributed by atoms with van der Waals surface area (Å²) in [4.78, 5) is 27.0. The smallest absolute Gasteiger partial charge is 0.260 e. The first kappa shape index (κ1) is 25.4. The van der Waals surface area contributed by atoms with Crippen LogP contribution in [0.25, 0.3) is 0 Å². The number of rotatable bonds is 9. The molecular formula is C24H31N3O6S. The van der Waals surface area contributed by atoms with E-state index in [1.807, 2.05) is 6.92 Å². The zero-order chi connectivity index (χ0) is 24.7. The van der Waals surface area contributed by atoms with Gasteiger partial charge >= 0.3 is 0 Å². The van der Waals surface area contributed by atoms with Crippen LogP contribution in [0, 0.1) is 6.92 Å². The standard InChI is InChI=1S/C24H31N3O6S/c1-4-32-22-14-18(9-11-21(22)33-16-23(28)27-12-6-5-7-13-27)24(29)25-19-10-8-17(2)20(15-19)26-34(3,30)31/h8-11,14-15,26H,4-7,12-13,16H2,1-3H3,(H,25,29). The number of likely N-dealkylation sites (tertiary alicyclic amines) is 1. The van der Waals surface area contributed by atoms with Crippen LogP contribution in [0.5, 0.6) is 11.5 Å². The highest BCUT2D eigenvalue weighted by Gasteiger charge is 2.19. The normalized spacial score (nSPS) is 13.8. The number of piperidine rings is 1. The minimum atomic E-state index is -3.45. The van der Waals surface area contributed by atoms with Crippen molar-refractivity contribution < 1.29 is 27.5 Å². The number of anilines is 2. The molecule has 10 heteroatoms. The SMILES string of the molecule is CCOc1cc(C(=O)Nc2ccc(C)c(NS(C)(=O)=O)c2)ccc1OCC(=O)N1CCCCC1. The van der Waals surface area contributed by atoms with E-state index in [4.69, 9.17) is 9.47 Å². The van der Waals surface area contributed by atoms with Crippen molar-refractivity contribution in [3.63, 3.8) is 0 Å². The van der Waals surface area contributed by atoms with Gasteiger partial charge in [0, 0.05) is 24.3 Å². The van der Waals surface area contributed by atoms with Crippen molar-refractivity contribution in [3.8, 4) is 11.5 Å². The molecule has 1 fully saturated rings. The maximum Gasteiger partial charge on any atom is 0.260 e. The Bertz CT molecular complexity index is 1140. The monoisotopic (exact) mass is 489 g/mol. The number of amides is 2. The van der Waals surface area contributed by atoms with Crippen molar-refractivity contribution in [1.82, 2.24) is 4.90 Å². The summed E-state index contributed by atoms with van der Waals surface area (Å²) in [5, 5.41) is 2.76. The summed E-state index contributed by atoms with van der Waals surface area (Å²) in [6.07, 6.45) is 4.22. The molecule has 2 amide bonds. The summed E-state index contributed by atoms with van der Waals surface area (Å²) in [5.41, 5.74) is 1.88. The lowest BCUT2D eigenvalue weighted by atomic mass is 10.1. The fourth-order valence-corrected chi connectivity index (χ4v) is 4.24. The second kappa shape index (κ2) is 11.2. The van der Waals surface area contributed by atoms with Crippen LogP contribution < -0.4 is 19.5 Å². The minimum absolute atomic E-state index is 0.0677. The highest BCUT2D eigenvalue weighted by molar-refractivity contribution is 7.92. The summed E-state index contributed by atoms with van der Waals surface area (Å²) in [5.74, 6) is 0.288. The summed E-state index contributed by atoms with van der Waals surface area (Å²) < 4.78 is 36.9. The van der Waals surface area contributed by atoms with Crippen LogP contribution in [-0.4, -0.2) is 57.7 Å². The van der Waals surface area contributed by atoms with Crippen LogP contribution >= 0.6 is 0 Å². The van der Waals surface area contributed by atoms with Gasteiger partial charge in [0.25, 0.3) is 11.8 Å². The summed E-state index contributed by atoms with van der Waals surface area (Å²) in [7, 11) is -3.45. The molecule has 3 rings (SSSR count). The third kappa shape index (κ3) is 7.11. The molecule has 0 bridgehead atoms. The summed E-state index contributed by atoms with van der Waals surface area (Å²) >= 11 is 0. The highest BCUT2D eigenvalue weighted by Crippen LogP contribution is 2.29. The van der Waals surface area contributed by atoms with Crippen molar-refractivity contribution in [2.45, 2.75) is 33.1 Å². The molecule has 0 spiro atoms. The molecule has 184 valence electrons. The predicted molar refractivity (Wildman–Crippen MR) is 131 cm³/mol. The molecule has 0 aromatic heterocycles. The van der Waals surface area contributed by atoms with Crippen molar-refractivity contribution in [3.05, 3.63) is 47.5 Å². The Morgan fingerprint density at radius 2 is 1.74 bits per heavy atom. The number of sulfonamides is 1. The Hall–Kier alpha value is -3.27. The van der Waals surface area contributed by atoms with Gasteiger partial charge in [-0.05, 0) is 69.0 Å². The lowest BCUT2D eigenvalue weighted by Crippen LogP contribution is -2.38. The number of aryl methyl sites for hydroxylation is 1. The number of hydrogen-bond donors (Lipinski definition) is 2. The molecule has 1 aliphatic heterocycles. The first-order valence-corrected chi connectivity index (χ1v) is 13.1. The second-order valence-corrected chi connectivity index (χ2v) is 9.93. The Kier molecular flexibility index (Phi) is 8.38. The molecule has 0 atom stereocenters. The van der Waals surface area contributed by atoms with E-state index in [1.165, 1.54) is 0 Å². The molecule has 1 saturated heterocycles. The lowest BCUT2D eigenvalue weighted by molar-refractivity contribution is -0.134.